The van der Waals surface area contributed by atoms with Gasteiger partial charge in [0.05, 0.1) is 50.5 Å². The Morgan fingerprint density at radius 1 is 0.348 bits per heavy atom. The molecule has 0 spiro atoms. The molecule has 0 aliphatic carbocycles. The molecule has 0 unspecified atom stereocenters. The fourth-order valence-electron chi connectivity index (χ4n) is 6.21. The molecule has 0 saturated carbocycles. The zero-order chi connectivity index (χ0) is 30.5. The standard InChI is InChI=1S/C41H25N5/c1-2-10-31-26(8-1)9-7-11-32(31)41-40(44-35-13-3-4-14-36(35)46-41)28-17-15-27(16-18-28)33-23-21-29-19-20-30-22-24-37(34-12-5-6-25-42-34)45-39(30)38(29)43-33/h1-25H. The van der Waals surface area contributed by atoms with Crippen LogP contribution in [0.3, 0.4) is 0 Å². The van der Waals surface area contributed by atoms with Crippen molar-refractivity contribution in [1.29, 1.82) is 0 Å². The first kappa shape index (κ1) is 26.1. The molecule has 0 aliphatic heterocycles. The largest absolute Gasteiger partial charge is 0.255 e. The van der Waals surface area contributed by atoms with E-state index in [0.29, 0.717) is 0 Å². The molecule has 0 atom stereocenters. The average Bonchev–Trinajstić information content (AvgIpc) is 3.14. The van der Waals surface area contributed by atoms with E-state index < -0.39 is 0 Å². The molecule has 5 nitrogen and oxygen atoms in total. The number of para-hydroxylation sites is 2. The van der Waals surface area contributed by atoms with Gasteiger partial charge in [0.15, 0.2) is 0 Å². The second-order valence-corrected chi connectivity index (χ2v) is 11.3. The van der Waals surface area contributed by atoms with E-state index in [2.05, 4.69) is 102 Å². The van der Waals surface area contributed by atoms with Crippen molar-refractivity contribution >= 4 is 43.6 Å². The van der Waals surface area contributed by atoms with Gasteiger partial charge in [-0.05, 0) is 47.2 Å². The Bertz CT molecular complexity index is 2570. The molecule has 0 fully saturated rings. The maximum Gasteiger partial charge on any atom is 0.0979 e. The van der Waals surface area contributed by atoms with E-state index in [4.69, 9.17) is 19.9 Å². The Morgan fingerprint density at radius 3 is 1.72 bits per heavy atom. The van der Waals surface area contributed by atoms with Crippen LogP contribution in [0.25, 0.3) is 88.8 Å². The quantitative estimate of drug-likeness (QED) is 0.192. The van der Waals surface area contributed by atoms with Crippen LogP contribution in [0, 0.1) is 0 Å². The summed E-state index contributed by atoms with van der Waals surface area (Å²) in [5, 5.41) is 4.42. The summed E-state index contributed by atoms with van der Waals surface area (Å²) < 4.78 is 0. The highest BCUT2D eigenvalue weighted by atomic mass is 14.8. The lowest BCUT2D eigenvalue weighted by atomic mass is 9.97. The van der Waals surface area contributed by atoms with Gasteiger partial charge in [0, 0.05) is 33.7 Å². The normalized spacial score (nSPS) is 11.5. The van der Waals surface area contributed by atoms with Gasteiger partial charge in [0.2, 0.25) is 0 Å². The van der Waals surface area contributed by atoms with Gasteiger partial charge in [-0.15, -0.1) is 0 Å². The third kappa shape index (κ3) is 4.45. The summed E-state index contributed by atoms with van der Waals surface area (Å²) in [5.41, 5.74) is 10.8. The minimum atomic E-state index is 0.829. The van der Waals surface area contributed by atoms with E-state index in [0.717, 1.165) is 83.4 Å². The Kier molecular flexibility index (Phi) is 6.06. The predicted octanol–water partition coefficient (Wildman–Crippen LogP) is 9.94. The Morgan fingerprint density at radius 2 is 0.957 bits per heavy atom. The van der Waals surface area contributed by atoms with Gasteiger partial charge in [-0.25, -0.2) is 19.9 Å². The highest BCUT2D eigenvalue weighted by Gasteiger charge is 2.16. The maximum absolute atomic E-state index is 5.16. The molecule has 0 amide bonds. The van der Waals surface area contributed by atoms with Crippen LogP contribution in [-0.4, -0.2) is 24.9 Å². The first-order chi connectivity index (χ1) is 22.8. The topological polar surface area (TPSA) is 64.5 Å². The molecular weight excluding hydrogens is 562 g/mol. The fraction of sp³-hybridized carbons (Fsp3) is 0. The molecule has 4 aromatic heterocycles. The summed E-state index contributed by atoms with van der Waals surface area (Å²) in [6, 6.07) is 49.7. The monoisotopic (exact) mass is 587 g/mol. The van der Waals surface area contributed by atoms with Crippen LogP contribution in [0.2, 0.25) is 0 Å². The summed E-state index contributed by atoms with van der Waals surface area (Å²) in [4.78, 5) is 25.0. The molecule has 0 N–H and O–H groups in total. The van der Waals surface area contributed by atoms with Crippen molar-refractivity contribution in [3.63, 3.8) is 0 Å². The van der Waals surface area contributed by atoms with Gasteiger partial charge in [-0.1, -0.05) is 109 Å². The number of nitrogens with zero attached hydrogens (tertiary/aromatic N) is 5. The highest BCUT2D eigenvalue weighted by molar-refractivity contribution is 6.04. The summed E-state index contributed by atoms with van der Waals surface area (Å²) in [6.45, 7) is 0. The second-order valence-electron chi connectivity index (χ2n) is 11.3. The molecule has 9 rings (SSSR count). The van der Waals surface area contributed by atoms with Crippen LogP contribution in [0.4, 0.5) is 0 Å². The van der Waals surface area contributed by atoms with E-state index in [1.165, 1.54) is 5.39 Å². The Balaban J connectivity index is 1.16. The van der Waals surface area contributed by atoms with Crippen LogP contribution < -0.4 is 0 Å². The minimum Gasteiger partial charge on any atom is -0.255 e. The average molecular weight is 588 g/mol. The van der Waals surface area contributed by atoms with Gasteiger partial charge in [0.25, 0.3) is 0 Å². The number of fused-ring (bicyclic) bond motifs is 5. The molecule has 0 radical (unpaired) electrons. The van der Waals surface area contributed by atoms with Crippen LogP contribution in [0.15, 0.2) is 152 Å². The van der Waals surface area contributed by atoms with Crippen molar-refractivity contribution in [1.82, 2.24) is 24.9 Å². The van der Waals surface area contributed by atoms with Gasteiger partial charge in [-0.3, -0.25) is 4.98 Å². The maximum atomic E-state index is 5.16. The Labute approximate surface area is 264 Å². The molecular formula is C41H25N5. The number of aromatic nitrogens is 5. The van der Waals surface area contributed by atoms with Crippen molar-refractivity contribution < 1.29 is 0 Å². The summed E-state index contributed by atoms with van der Waals surface area (Å²) in [7, 11) is 0. The molecule has 5 heteroatoms. The first-order valence-electron chi connectivity index (χ1n) is 15.3. The summed E-state index contributed by atoms with van der Waals surface area (Å²) in [5.74, 6) is 0. The lowest BCUT2D eigenvalue weighted by Crippen LogP contribution is -1.96. The lowest BCUT2D eigenvalue weighted by Gasteiger charge is -2.13. The molecule has 5 aromatic carbocycles. The third-order valence-corrected chi connectivity index (χ3v) is 8.52. The van der Waals surface area contributed by atoms with Crippen molar-refractivity contribution in [2.45, 2.75) is 0 Å². The van der Waals surface area contributed by atoms with Crippen LogP contribution >= 0.6 is 0 Å². The fourth-order valence-corrected chi connectivity index (χ4v) is 6.21. The lowest BCUT2D eigenvalue weighted by molar-refractivity contribution is 1.27. The van der Waals surface area contributed by atoms with Gasteiger partial charge in [-0.2, -0.15) is 0 Å². The number of hydrogen-bond donors (Lipinski definition) is 0. The number of hydrogen-bond acceptors (Lipinski definition) is 5. The van der Waals surface area contributed by atoms with E-state index in [1.807, 2.05) is 48.5 Å². The number of rotatable bonds is 4. The van der Waals surface area contributed by atoms with Crippen LogP contribution in [0.1, 0.15) is 0 Å². The van der Waals surface area contributed by atoms with E-state index in [9.17, 15) is 0 Å². The summed E-state index contributed by atoms with van der Waals surface area (Å²) in [6.07, 6.45) is 1.79. The van der Waals surface area contributed by atoms with E-state index in [1.54, 1.807) is 6.20 Å². The Hall–Kier alpha value is -6.33. The summed E-state index contributed by atoms with van der Waals surface area (Å²) >= 11 is 0. The van der Waals surface area contributed by atoms with Gasteiger partial charge < -0.3 is 0 Å². The van der Waals surface area contributed by atoms with Crippen molar-refractivity contribution in [2.24, 2.45) is 0 Å². The molecule has 0 aliphatic rings. The molecule has 0 bridgehead atoms. The van der Waals surface area contributed by atoms with Gasteiger partial charge in [0.1, 0.15) is 0 Å². The van der Waals surface area contributed by atoms with Crippen molar-refractivity contribution in [3.05, 3.63) is 152 Å². The molecule has 9 aromatic rings. The van der Waals surface area contributed by atoms with Crippen LogP contribution in [0.5, 0.6) is 0 Å². The van der Waals surface area contributed by atoms with Crippen molar-refractivity contribution in [2.75, 3.05) is 0 Å². The van der Waals surface area contributed by atoms with E-state index in [-0.39, 0.29) is 0 Å². The SMILES string of the molecule is c1ccc(-c2ccc3ccc4ccc(-c5ccc(-c6nc7ccccc7nc6-c6cccc7ccccc67)cc5)nc4c3n2)nc1. The van der Waals surface area contributed by atoms with Crippen molar-refractivity contribution in [3.8, 4) is 45.2 Å². The zero-order valence-corrected chi connectivity index (χ0v) is 24.7. The highest BCUT2D eigenvalue weighted by Crippen LogP contribution is 2.36. The molecule has 214 valence electrons. The zero-order valence-electron chi connectivity index (χ0n) is 24.7. The van der Waals surface area contributed by atoms with Gasteiger partial charge >= 0.3 is 0 Å². The third-order valence-electron chi connectivity index (χ3n) is 8.52. The smallest absolute Gasteiger partial charge is 0.0979 e. The van der Waals surface area contributed by atoms with E-state index >= 15 is 0 Å². The predicted molar refractivity (Wildman–Crippen MR) is 187 cm³/mol. The molecule has 46 heavy (non-hydrogen) atoms. The number of benzene rings is 5. The molecule has 4 heterocycles. The second kappa shape index (κ2) is 10.7. The van der Waals surface area contributed by atoms with Crippen LogP contribution in [-0.2, 0) is 0 Å². The minimum absolute atomic E-state index is 0.829. The molecule has 0 saturated heterocycles. The number of pyridine rings is 3. The first-order valence-corrected chi connectivity index (χ1v) is 15.3.